The Bertz CT molecular complexity index is 389. The Morgan fingerprint density at radius 3 is 2.17 bits per heavy atom. The topological polar surface area (TPSA) is 40.5 Å². The number of hydrogen-bond donors (Lipinski definition) is 1. The van der Waals surface area contributed by atoms with E-state index in [4.69, 9.17) is 0 Å². The lowest BCUT2D eigenvalue weighted by Crippen LogP contribution is -2.54. The molecule has 0 heterocycles. The van der Waals surface area contributed by atoms with Gasteiger partial charge in [0.15, 0.2) is 0 Å². The molecule has 0 aromatic heterocycles. The summed E-state index contributed by atoms with van der Waals surface area (Å²) in [6, 6.07) is 9.71. The first kappa shape index (κ1) is 14.7. The van der Waals surface area contributed by atoms with Crippen LogP contribution < -0.4 is 0 Å². The molecule has 3 nitrogen and oxygen atoms in total. The first-order valence-corrected chi connectivity index (χ1v) is 6.56. The SMILES string of the molecule is CCN(C(C)C)C(CC)(C(=O)O)c1ccccc1. The number of rotatable bonds is 6. The Kier molecular flexibility index (Phi) is 4.91. The molecule has 0 bridgehead atoms. The molecule has 0 amide bonds. The summed E-state index contributed by atoms with van der Waals surface area (Å²) in [4.78, 5) is 14.0. The van der Waals surface area contributed by atoms with Crippen molar-refractivity contribution < 1.29 is 9.90 Å². The number of nitrogens with zero attached hydrogens (tertiary/aromatic N) is 1. The summed E-state index contributed by atoms with van der Waals surface area (Å²) in [6.07, 6.45) is 0.554. The largest absolute Gasteiger partial charge is 0.480 e. The van der Waals surface area contributed by atoms with E-state index in [-0.39, 0.29) is 6.04 Å². The molecule has 0 aliphatic heterocycles. The van der Waals surface area contributed by atoms with Crippen LogP contribution in [0.5, 0.6) is 0 Å². The van der Waals surface area contributed by atoms with Crippen LogP contribution in [0.2, 0.25) is 0 Å². The normalized spacial score (nSPS) is 14.8. The van der Waals surface area contributed by atoms with Crippen molar-refractivity contribution in [3.63, 3.8) is 0 Å². The molecule has 1 unspecified atom stereocenters. The van der Waals surface area contributed by atoms with Gasteiger partial charge in [-0.3, -0.25) is 4.90 Å². The Morgan fingerprint density at radius 2 is 1.83 bits per heavy atom. The molecule has 1 atom stereocenters. The number of benzene rings is 1. The van der Waals surface area contributed by atoms with Crippen molar-refractivity contribution >= 4 is 5.97 Å². The highest BCUT2D eigenvalue weighted by Crippen LogP contribution is 2.34. The van der Waals surface area contributed by atoms with E-state index in [1.54, 1.807) is 0 Å². The lowest BCUT2D eigenvalue weighted by Gasteiger charge is -2.42. The number of aliphatic carboxylic acids is 1. The molecule has 1 aromatic carbocycles. The van der Waals surface area contributed by atoms with Crippen LogP contribution in [-0.2, 0) is 10.3 Å². The van der Waals surface area contributed by atoms with E-state index in [1.807, 2.05) is 62.9 Å². The van der Waals surface area contributed by atoms with Crippen molar-refractivity contribution in [3.05, 3.63) is 35.9 Å². The standard InChI is InChI=1S/C15H23NO2/c1-5-15(14(17)18,16(6-2)12(3)4)13-10-8-7-9-11-13/h7-12H,5-6H2,1-4H3,(H,17,18). The average molecular weight is 249 g/mol. The Labute approximate surface area is 109 Å². The number of carbonyl (C=O) groups is 1. The fourth-order valence-corrected chi connectivity index (χ4v) is 2.76. The molecular weight excluding hydrogens is 226 g/mol. The summed E-state index contributed by atoms with van der Waals surface area (Å²) in [5, 5.41) is 9.79. The average Bonchev–Trinajstić information content (AvgIpc) is 2.35. The van der Waals surface area contributed by atoms with E-state index >= 15 is 0 Å². The van der Waals surface area contributed by atoms with Gasteiger partial charge in [0.25, 0.3) is 0 Å². The van der Waals surface area contributed by atoms with Crippen LogP contribution in [0.1, 0.15) is 39.7 Å². The van der Waals surface area contributed by atoms with E-state index in [1.165, 1.54) is 0 Å². The quantitative estimate of drug-likeness (QED) is 0.842. The molecule has 1 rings (SSSR count). The molecular formula is C15H23NO2. The number of likely N-dealkylation sites (N-methyl/N-ethyl adjacent to an activating group) is 1. The maximum absolute atomic E-state index is 11.9. The lowest BCUT2D eigenvalue weighted by molar-refractivity contribution is -0.154. The van der Waals surface area contributed by atoms with Crippen LogP contribution in [0, 0.1) is 0 Å². The summed E-state index contributed by atoms with van der Waals surface area (Å²) >= 11 is 0. The van der Waals surface area contributed by atoms with E-state index in [0.717, 1.165) is 5.56 Å². The third kappa shape index (κ3) is 2.41. The fraction of sp³-hybridized carbons (Fsp3) is 0.533. The molecule has 0 saturated carbocycles. The summed E-state index contributed by atoms with van der Waals surface area (Å²) < 4.78 is 0. The number of carboxylic acid groups (broad SMARTS) is 1. The molecule has 0 aliphatic rings. The van der Waals surface area contributed by atoms with Crippen molar-refractivity contribution in [3.8, 4) is 0 Å². The predicted molar refractivity (Wildman–Crippen MR) is 73.6 cm³/mol. The summed E-state index contributed by atoms with van der Waals surface area (Å²) in [6.45, 7) is 8.74. The van der Waals surface area contributed by atoms with Gasteiger partial charge < -0.3 is 5.11 Å². The number of hydrogen-bond acceptors (Lipinski definition) is 2. The van der Waals surface area contributed by atoms with Crippen molar-refractivity contribution in [1.82, 2.24) is 4.90 Å². The van der Waals surface area contributed by atoms with Gasteiger partial charge in [-0.05, 0) is 32.4 Å². The van der Waals surface area contributed by atoms with Crippen molar-refractivity contribution in [2.75, 3.05) is 6.54 Å². The zero-order valence-electron chi connectivity index (χ0n) is 11.7. The molecule has 1 aromatic rings. The lowest BCUT2D eigenvalue weighted by atomic mass is 9.84. The molecule has 18 heavy (non-hydrogen) atoms. The Hall–Kier alpha value is -1.35. The first-order chi connectivity index (χ1) is 8.50. The van der Waals surface area contributed by atoms with Gasteiger partial charge in [0.2, 0.25) is 0 Å². The van der Waals surface area contributed by atoms with Crippen LogP contribution in [0.3, 0.4) is 0 Å². The third-order valence-corrected chi connectivity index (χ3v) is 3.57. The fourth-order valence-electron chi connectivity index (χ4n) is 2.76. The molecule has 0 radical (unpaired) electrons. The maximum Gasteiger partial charge on any atom is 0.328 e. The second-order valence-electron chi connectivity index (χ2n) is 4.76. The van der Waals surface area contributed by atoms with E-state index < -0.39 is 11.5 Å². The minimum Gasteiger partial charge on any atom is -0.480 e. The summed E-state index contributed by atoms with van der Waals surface area (Å²) in [7, 11) is 0. The monoisotopic (exact) mass is 249 g/mol. The maximum atomic E-state index is 11.9. The van der Waals surface area contributed by atoms with Crippen LogP contribution in [-0.4, -0.2) is 28.6 Å². The molecule has 0 saturated heterocycles. The predicted octanol–water partition coefficient (Wildman–Crippen LogP) is 3.11. The summed E-state index contributed by atoms with van der Waals surface area (Å²) in [5.41, 5.74) is -0.0694. The molecule has 100 valence electrons. The Morgan fingerprint density at radius 1 is 1.28 bits per heavy atom. The van der Waals surface area contributed by atoms with Crippen LogP contribution in [0.15, 0.2) is 30.3 Å². The molecule has 0 aliphatic carbocycles. The van der Waals surface area contributed by atoms with Crippen molar-refractivity contribution in [1.29, 1.82) is 0 Å². The van der Waals surface area contributed by atoms with Gasteiger partial charge >= 0.3 is 5.97 Å². The van der Waals surface area contributed by atoms with E-state index in [9.17, 15) is 9.90 Å². The first-order valence-electron chi connectivity index (χ1n) is 6.56. The van der Waals surface area contributed by atoms with Gasteiger partial charge in [0.1, 0.15) is 5.54 Å². The van der Waals surface area contributed by atoms with Crippen LogP contribution in [0.25, 0.3) is 0 Å². The molecule has 0 spiro atoms. The molecule has 1 N–H and O–H groups in total. The molecule has 3 heteroatoms. The Balaban J connectivity index is 3.38. The summed E-state index contributed by atoms with van der Waals surface area (Å²) in [5.74, 6) is -0.772. The minimum atomic E-state index is -0.926. The smallest absolute Gasteiger partial charge is 0.328 e. The van der Waals surface area contributed by atoms with Gasteiger partial charge in [-0.15, -0.1) is 0 Å². The van der Waals surface area contributed by atoms with Gasteiger partial charge in [-0.25, -0.2) is 4.79 Å². The second kappa shape index (κ2) is 6.01. The van der Waals surface area contributed by atoms with Crippen molar-refractivity contribution in [2.24, 2.45) is 0 Å². The third-order valence-electron chi connectivity index (χ3n) is 3.57. The van der Waals surface area contributed by atoms with E-state index in [0.29, 0.717) is 13.0 Å². The van der Waals surface area contributed by atoms with Crippen molar-refractivity contribution in [2.45, 2.75) is 45.7 Å². The second-order valence-corrected chi connectivity index (χ2v) is 4.76. The minimum absolute atomic E-state index is 0.186. The van der Waals surface area contributed by atoms with Gasteiger partial charge in [-0.2, -0.15) is 0 Å². The molecule has 0 fully saturated rings. The zero-order chi connectivity index (χ0) is 13.8. The van der Waals surface area contributed by atoms with Crippen LogP contribution >= 0.6 is 0 Å². The van der Waals surface area contributed by atoms with Gasteiger partial charge in [0, 0.05) is 6.04 Å². The zero-order valence-corrected chi connectivity index (χ0v) is 11.7. The number of carboxylic acids is 1. The van der Waals surface area contributed by atoms with Crippen LogP contribution in [0.4, 0.5) is 0 Å². The van der Waals surface area contributed by atoms with E-state index in [2.05, 4.69) is 0 Å². The van der Waals surface area contributed by atoms with Gasteiger partial charge in [-0.1, -0.05) is 44.2 Å². The van der Waals surface area contributed by atoms with Gasteiger partial charge in [0.05, 0.1) is 0 Å². The highest BCUT2D eigenvalue weighted by molar-refractivity contribution is 5.80. The highest BCUT2D eigenvalue weighted by atomic mass is 16.4. The highest BCUT2D eigenvalue weighted by Gasteiger charge is 2.44.